The van der Waals surface area contributed by atoms with E-state index in [1.807, 2.05) is 6.07 Å². The number of carbonyl (C=O) groups is 2. The van der Waals surface area contributed by atoms with E-state index < -0.39 is 0 Å². The molecule has 126 valence electrons. The van der Waals surface area contributed by atoms with Gasteiger partial charge in [0.1, 0.15) is 5.69 Å². The number of rotatable bonds is 5. The fourth-order valence-electron chi connectivity index (χ4n) is 3.07. The third-order valence-electron chi connectivity index (χ3n) is 4.51. The molecule has 1 saturated heterocycles. The molecule has 0 saturated carbocycles. The van der Waals surface area contributed by atoms with Crippen LogP contribution in [0.25, 0.3) is 0 Å². The van der Waals surface area contributed by atoms with Crippen molar-refractivity contribution in [2.75, 3.05) is 13.1 Å². The summed E-state index contributed by atoms with van der Waals surface area (Å²) < 4.78 is 0. The number of Topliss-reactive ketones (excluding diaryl/α,β-unsaturated/α-hetero) is 1. The highest BCUT2D eigenvalue weighted by atomic mass is 16.2. The fraction of sp³-hybridized carbons (Fsp3) is 0.368. The second-order valence-electron chi connectivity index (χ2n) is 6.37. The van der Waals surface area contributed by atoms with E-state index in [-0.39, 0.29) is 17.7 Å². The highest BCUT2D eigenvalue weighted by molar-refractivity contribution is 5.99. The number of nitrogens with zero attached hydrogens (tertiary/aromatic N) is 1. The summed E-state index contributed by atoms with van der Waals surface area (Å²) in [5.41, 5.74) is 2.31. The molecule has 1 aliphatic rings. The summed E-state index contributed by atoms with van der Waals surface area (Å²) >= 11 is 0. The van der Waals surface area contributed by atoms with E-state index in [9.17, 15) is 9.59 Å². The molecular formula is C19H23N3O2. The van der Waals surface area contributed by atoms with E-state index in [0.717, 1.165) is 32.5 Å². The molecule has 5 nitrogen and oxygen atoms in total. The quantitative estimate of drug-likeness (QED) is 0.831. The van der Waals surface area contributed by atoms with Crippen LogP contribution in [-0.2, 0) is 6.54 Å². The van der Waals surface area contributed by atoms with Gasteiger partial charge in [0.15, 0.2) is 5.78 Å². The lowest BCUT2D eigenvalue weighted by Gasteiger charge is -2.32. The fourth-order valence-corrected chi connectivity index (χ4v) is 3.07. The number of hydrogen-bond acceptors (Lipinski definition) is 3. The molecule has 1 fully saturated rings. The van der Waals surface area contributed by atoms with E-state index in [1.165, 1.54) is 12.5 Å². The number of ketones is 1. The van der Waals surface area contributed by atoms with Crippen LogP contribution in [0.4, 0.5) is 0 Å². The van der Waals surface area contributed by atoms with Gasteiger partial charge in [0.05, 0.1) is 0 Å². The molecule has 24 heavy (non-hydrogen) atoms. The smallest absolute Gasteiger partial charge is 0.267 e. The second-order valence-corrected chi connectivity index (χ2v) is 6.37. The van der Waals surface area contributed by atoms with Gasteiger partial charge in [0.25, 0.3) is 5.91 Å². The summed E-state index contributed by atoms with van der Waals surface area (Å²) in [6, 6.07) is 12.2. The van der Waals surface area contributed by atoms with Gasteiger partial charge in [-0.1, -0.05) is 30.3 Å². The molecule has 5 heteroatoms. The number of piperidine rings is 1. The lowest BCUT2D eigenvalue weighted by molar-refractivity contribution is 0.0904. The normalized spacial score (nSPS) is 16.0. The minimum absolute atomic E-state index is 0.0421. The molecule has 2 aromatic rings. The molecule has 1 aliphatic heterocycles. The van der Waals surface area contributed by atoms with Gasteiger partial charge >= 0.3 is 0 Å². The van der Waals surface area contributed by atoms with E-state index in [4.69, 9.17) is 0 Å². The van der Waals surface area contributed by atoms with E-state index in [1.54, 1.807) is 12.3 Å². The van der Waals surface area contributed by atoms with E-state index >= 15 is 0 Å². The summed E-state index contributed by atoms with van der Waals surface area (Å²) in [5, 5.41) is 3.06. The molecule has 0 aliphatic carbocycles. The average molecular weight is 325 g/mol. The summed E-state index contributed by atoms with van der Waals surface area (Å²) in [6.45, 7) is 4.40. The molecule has 0 radical (unpaired) electrons. The standard InChI is InChI=1S/C19H23N3O2/c1-14(23)16-11-18(20-12-16)19(24)21-17-7-9-22(10-8-17)13-15-5-3-2-4-6-15/h2-6,11-12,17,20H,7-10,13H2,1H3,(H,21,24). The van der Waals surface area contributed by atoms with Crippen LogP contribution >= 0.6 is 0 Å². The average Bonchev–Trinajstić information content (AvgIpc) is 3.08. The third-order valence-corrected chi connectivity index (χ3v) is 4.51. The number of hydrogen-bond donors (Lipinski definition) is 2. The number of aromatic amines is 1. The van der Waals surface area contributed by atoms with Gasteiger partial charge in [0.2, 0.25) is 0 Å². The Hall–Kier alpha value is -2.40. The van der Waals surface area contributed by atoms with Crippen molar-refractivity contribution < 1.29 is 9.59 Å². The Morgan fingerprint density at radius 1 is 1.21 bits per heavy atom. The van der Waals surface area contributed by atoms with Gasteiger partial charge in [-0.15, -0.1) is 0 Å². The van der Waals surface area contributed by atoms with Crippen molar-refractivity contribution in [1.29, 1.82) is 0 Å². The minimum Gasteiger partial charge on any atom is -0.356 e. The van der Waals surface area contributed by atoms with Gasteiger partial charge in [-0.25, -0.2) is 0 Å². The molecule has 2 heterocycles. The Morgan fingerprint density at radius 2 is 1.92 bits per heavy atom. The molecule has 3 rings (SSSR count). The van der Waals surface area contributed by atoms with Gasteiger partial charge < -0.3 is 10.3 Å². The monoisotopic (exact) mass is 325 g/mol. The summed E-state index contributed by atoms with van der Waals surface area (Å²) in [7, 11) is 0. The zero-order valence-electron chi connectivity index (χ0n) is 13.9. The first-order valence-corrected chi connectivity index (χ1v) is 8.38. The zero-order chi connectivity index (χ0) is 16.9. The molecular weight excluding hydrogens is 302 g/mol. The molecule has 0 spiro atoms. The minimum atomic E-state index is -0.135. The first-order chi connectivity index (χ1) is 11.6. The number of aromatic nitrogens is 1. The molecule has 0 atom stereocenters. The van der Waals surface area contributed by atoms with Crippen molar-refractivity contribution in [3.63, 3.8) is 0 Å². The number of benzene rings is 1. The largest absolute Gasteiger partial charge is 0.356 e. The van der Waals surface area contributed by atoms with Crippen molar-refractivity contribution in [3.05, 3.63) is 59.4 Å². The van der Waals surface area contributed by atoms with Crippen molar-refractivity contribution >= 4 is 11.7 Å². The van der Waals surface area contributed by atoms with Gasteiger partial charge in [-0.05, 0) is 31.4 Å². The van der Waals surface area contributed by atoms with Crippen LogP contribution in [0.2, 0.25) is 0 Å². The van der Waals surface area contributed by atoms with E-state index in [0.29, 0.717) is 11.3 Å². The maximum Gasteiger partial charge on any atom is 0.267 e. The maximum absolute atomic E-state index is 12.3. The van der Waals surface area contributed by atoms with Crippen LogP contribution in [0.15, 0.2) is 42.6 Å². The topological polar surface area (TPSA) is 65.2 Å². The molecule has 2 N–H and O–H groups in total. The lowest BCUT2D eigenvalue weighted by Crippen LogP contribution is -2.44. The Morgan fingerprint density at radius 3 is 2.54 bits per heavy atom. The predicted molar refractivity (Wildman–Crippen MR) is 93.0 cm³/mol. The van der Waals surface area contributed by atoms with Crippen molar-refractivity contribution in [2.45, 2.75) is 32.4 Å². The Balaban J connectivity index is 1.48. The summed E-state index contributed by atoms with van der Waals surface area (Å²) in [5.74, 6) is -0.177. The van der Waals surface area contributed by atoms with Crippen LogP contribution < -0.4 is 5.32 Å². The van der Waals surface area contributed by atoms with Crippen molar-refractivity contribution in [2.24, 2.45) is 0 Å². The summed E-state index contributed by atoms with van der Waals surface area (Å²) in [4.78, 5) is 28.8. The zero-order valence-corrected chi connectivity index (χ0v) is 13.9. The second kappa shape index (κ2) is 7.45. The third kappa shape index (κ3) is 4.11. The molecule has 0 bridgehead atoms. The first-order valence-electron chi connectivity index (χ1n) is 8.38. The molecule has 1 aromatic heterocycles. The Kier molecular flexibility index (Phi) is 5.11. The maximum atomic E-state index is 12.3. The Bertz CT molecular complexity index is 700. The van der Waals surface area contributed by atoms with Crippen LogP contribution in [0, 0.1) is 0 Å². The van der Waals surface area contributed by atoms with Gasteiger partial charge in [-0.2, -0.15) is 0 Å². The van der Waals surface area contributed by atoms with E-state index in [2.05, 4.69) is 39.5 Å². The number of amides is 1. The van der Waals surface area contributed by atoms with Gasteiger partial charge in [0, 0.05) is 37.4 Å². The van der Waals surface area contributed by atoms with Crippen LogP contribution in [0.1, 0.15) is 46.2 Å². The highest BCUT2D eigenvalue weighted by Gasteiger charge is 2.21. The molecule has 1 amide bonds. The summed E-state index contributed by atoms with van der Waals surface area (Å²) in [6.07, 6.45) is 3.47. The number of likely N-dealkylation sites (tertiary alicyclic amines) is 1. The van der Waals surface area contributed by atoms with Crippen molar-refractivity contribution in [3.8, 4) is 0 Å². The lowest BCUT2D eigenvalue weighted by atomic mass is 10.0. The van der Waals surface area contributed by atoms with Crippen LogP contribution in [0.3, 0.4) is 0 Å². The highest BCUT2D eigenvalue weighted by Crippen LogP contribution is 2.14. The van der Waals surface area contributed by atoms with Crippen LogP contribution in [0.5, 0.6) is 0 Å². The predicted octanol–water partition coefficient (Wildman–Crippen LogP) is 2.61. The Labute approximate surface area is 142 Å². The molecule has 0 unspecified atom stereocenters. The van der Waals surface area contributed by atoms with Crippen LogP contribution in [-0.4, -0.2) is 40.7 Å². The number of H-pyrrole nitrogens is 1. The molecule has 1 aromatic carbocycles. The van der Waals surface area contributed by atoms with Gasteiger partial charge in [-0.3, -0.25) is 14.5 Å². The number of carbonyl (C=O) groups excluding carboxylic acids is 2. The number of nitrogens with one attached hydrogen (secondary N) is 2. The van der Waals surface area contributed by atoms with Crippen molar-refractivity contribution in [1.82, 2.24) is 15.2 Å². The SMILES string of the molecule is CC(=O)c1c[nH]c(C(=O)NC2CCN(Cc3ccccc3)CC2)c1. The first kappa shape index (κ1) is 16.5.